The monoisotopic (exact) mass is 209 g/mol. The molecule has 0 aromatic rings. The zero-order valence-electron chi connectivity index (χ0n) is 9.09. The van der Waals surface area contributed by atoms with E-state index in [2.05, 4.69) is 16.7 Å². The van der Waals surface area contributed by atoms with Gasteiger partial charge in [0.1, 0.15) is 0 Å². The molecule has 2 N–H and O–H groups in total. The molecular formula is C11H19N3O. The van der Waals surface area contributed by atoms with Crippen LogP contribution in [0.3, 0.4) is 0 Å². The largest absolute Gasteiger partial charge is 0.353 e. The lowest BCUT2D eigenvalue weighted by molar-refractivity contribution is -0.121. The number of unbranched alkanes of at least 4 members (excludes halogenated alkanes) is 1. The Morgan fingerprint density at radius 3 is 2.73 bits per heavy atom. The Morgan fingerprint density at radius 2 is 2.07 bits per heavy atom. The van der Waals surface area contributed by atoms with E-state index in [-0.39, 0.29) is 5.91 Å². The van der Waals surface area contributed by atoms with Crippen LogP contribution in [0, 0.1) is 11.3 Å². The Kier molecular flexibility index (Phi) is 5.79. The third-order valence-electron chi connectivity index (χ3n) is 2.34. The summed E-state index contributed by atoms with van der Waals surface area (Å²) >= 11 is 0. The molecule has 0 radical (unpaired) electrons. The summed E-state index contributed by atoms with van der Waals surface area (Å²) in [4.78, 5) is 11.2. The van der Waals surface area contributed by atoms with Gasteiger partial charge in [0, 0.05) is 18.9 Å². The number of amides is 1. The van der Waals surface area contributed by atoms with Crippen LogP contribution in [0.5, 0.6) is 0 Å². The summed E-state index contributed by atoms with van der Waals surface area (Å²) in [5, 5.41) is 14.5. The predicted octanol–water partition coefficient (Wildman–Crippen LogP) is 0.939. The highest BCUT2D eigenvalue weighted by molar-refractivity contribution is 5.76. The first-order chi connectivity index (χ1) is 7.33. The minimum absolute atomic E-state index is 0.177. The van der Waals surface area contributed by atoms with Gasteiger partial charge >= 0.3 is 0 Å². The van der Waals surface area contributed by atoms with Crippen LogP contribution in [0.1, 0.15) is 38.5 Å². The van der Waals surface area contributed by atoms with Crippen LogP contribution in [0.4, 0.5) is 0 Å². The molecule has 0 aromatic carbocycles. The molecule has 0 spiro atoms. The fourth-order valence-corrected chi connectivity index (χ4v) is 1.32. The van der Waals surface area contributed by atoms with Crippen molar-refractivity contribution in [3.8, 4) is 6.07 Å². The summed E-state index contributed by atoms with van der Waals surface area (Å²) in [6, 6.07) is 2.57. The molecule has 0 bridgehead atoms. The van der Waals surface area contributed by atoms with E-state index in [9.17, 15) is 4.79 Å². The number of nitrogens with one attached hydrogen (secondary N) is 2. The first-order valence-electron chi connectivity index (χ1n) is 5.70. The highest BCUT2D eigenvalue weighted by Crippen LogP contribution is 2.18. The van der Waals surface area contributed by atoms with Crippen molar-refractivity contribution in [2.75, 3.05) is 13.1 Å². The van der Waals surface area contributed by atoms with Gasteiger partial charge in [-0.25, -0.2) is 0 Å². The fraction of sp³-hybridized carbons (Fsp3) is 0.818. The first kappa shape index (κ1) is 12.0. The summed E-state index contributed by atoms with van der Waals surface area (Å²) in [6.45, 7) is 1.74. The van der Waals surface area contributed by atoms with E-state index in [1.165, 1.54) is 0 Å². The molecule has 1 fully saturated rings. The topological polar surface area (TPSA) is 64.9 Å². The molecular weight excluding hydrogens is 190 g/mol. The second kappa shape index (κ2) is 7.24. The molecule has 4 heteroatoms. The van der Waals surface area contributed by atoms with Crippen LogP contribution in [0.2, 0.25) is 0 Å². The van der Waals surface area contributed by atoms with Gasteiger partial charge in [-0.2, -0.15) is 5.26 Å². The average Bonchev–Trinajstić information content (AvgIpc) is 3.00. The van der Waals surface area contributed by atoms with Gasteiger partial charge in [0.05, 0.1) is 6.07 Å². The van der Waals surface area contributed by atoms with E-state index in [4.69, 9.17) is 5.26 Å². The number of nitrogens with zero attached hydrogens (tertiary/aromatic N) is 1. The van der Waals surface area contributed by atoms with Crippen LogP contribution in [0.25, 0.3) is 0 Å². The van der Waals surface area contributed by atoms with Crippen LogP contribution < -0.4 is 10.6 Å². The highest BCUT2D eigenvalue weighted by atomic mass is 16.1. The second-order valence-electron chi connectivity index (χ2n) is 3.96. The van der Waals surface area contributed by atoms with E-state index >= 15 is 0 Å². The Labute approximate surface area is 91.0 Å². The number of carbonyl (C=O) groups excluding carboxylic acids is 1. The maximum Gasteiger partial charge on any atom is 0.220 e. The first-order valence-corrected chi connectivity index (χ1v) is 5.70. The lowest BCUT2D eigenvalue weighted by atomic mass is 10.3. The Balaban J connectivity index is 1.79. The Hall–Kier alpha value is -1.08. The van der Waals surface area contributed by atoms with Crippen LogP contribution in [-0.2, 0) is 4.79 Å². The molecule has 4 nitrogen and oxygen atoms in total. The second-order valence-corrected chi connectivity index (χ2v) is 3.96. The number of nitriles is 1. The number of hydrogen-bond acceptors (Lipinski definition) is 3. The van der Waals surface area contributed by atoms with E-state index in [1.807, 2.05) is 0 Å². The third-order valence-corrected chi connectivity index (χ3v) is 2.34. The van der Waals surface area contributed by atoms with Gasteiger partial charge in [0.25, 0.3) is 0 Å². The van der Waals surface area contributed by atoms with Crippen LogP contribution in [0.15, 0.2) is 0 Å². The number of carbonyl (C=O) groups is 1. The van der Waals surface area contributed by atoms with Gasteiger partial charge in [-0.15, -0.1) is 0 Å². The molecule has 0 aromatic heterocycles. The van der Waals surface area contributed by atoms with Crippen molar-refractivity contribution < 1.29 is 4.79 Å². The van der Waals surface area contributed by atoms with Crippen molar-refractivity contribution in [3.05, 3.63) is 0 Å². The maximum absolute atomic E-state index is 11.2. The molecule has 1 amide bonds. The van der Waals surface area contributed by atoms with Gasteiger partial charge in [-0.1, -0.05) is 0 Å². The summed E-state index contributed by atoms with van der Waals surface area (Å²) in [5.41, 5.74) is 0. The molecule has 0 unspecified atom stereocenters. The fourth-order valence-electron chi connectivity index (χ4n) is 1.32. The zero-order chi connectivity index (χ0) is 10.9. The molecule has 1 rings (SSSR count). The molecule has 1 saturated carbocycles. The predicted molar refractivity (Wildman–Crippen MR) is 58.1 cm³/mol. The minimum Gasteiger partial charge on any atom is -0.353 e. The van der Waals surface area contributed by atoms with E-state index < -0.39 is 0 Å². The third kappa shape index (κ3) is 6.92. The Bertz CT molecular complexity index is 230. The van der Waals surface area contributed by atoms with Gasteiger partial charge < -0.3 is 10.6 Å². The highest BCUT2D eigenvalue weighted by Gasteiger charge is 2.22. The van der Waals surface area contributed by atoms with Crippen molar-refractivity contribution in [1.29, 1.82) is 5.26 Å². The molecule has 0 heterocycles. The maximum atomic E-state index is 11.2. The lowest BCUT2D eigenvalue weighted by Crippen LogP contribution is -2.26. The normalized spacial score (nSPS) is 14.6. The lowest BCUT2D eigenvalue weighted by Gasteiger charge is -2.04. The van der Waals surface area contributed by atoms with Crippen LogP contribution in [-0.4, -0.2) is 25.0 Å². The van der Waals surface area contributed by atoms with E-state index in [1.54, 1.807) is 0 Å². The average molecular weight is 209 g/mol. The van der Waals surface area contributed by atoms with Gasteiger partial charge in [-0.3, -0.25) is 4.79 Å². The van der Waals surface area contributed by atoms with E-state index in [0.717, 1.165) is 38.8 Å². The van der Waals surface area contributed by atoms with Crippen molar-refractivity contribution in [2.45, 2.75) is 44.6 Å². The smallest absolute Gasteiger partial charge is 0.220 e. The van der Waals surface area contributed by atoms with Crippen molar-refractivity contribution in [2.24, 2.45) is 0 Å². The zero-order valence-corrected chi connectivity index (χ0v) is 9.09. The van der Waals surface area contributed by atoms with Crippen molar-refractivity contribution in [1.82, 2.24) is 10.6 Å². The van der Waals surface area contributed by atoms with Gasteiger partial charge in [-0.05, 0) is 38.8 Å². The molecule has 15 heavy (non-hydrogen) atoms. The summed E-state index contributed by atoms with van der Waals surface area (Å²) < 4.78 is 0. The van der Waals surface area contributed by atoms with Gasteiger partial charge in [0.15, 0.2) is 0 Å². The Morgan fingerprint density at radius 1 is 1.33 bits per heavy atom. The van der Waals surface area contributed by atoms with Crippen molar-refractivity contribution in [3.63, 3.8) is 0 Å². The van der Waals surface area contributed by atoms with Crippen molar-refractivity contribution >= 4 is 5.91 Å². The quantitative estimate of drug-likeness (QED) is 0.585. The summed E-state index contributed by atoms with van der Waals surface area (Å²) in [7, 11) is 0. The molecule has 0 saturated heterocycles. The standard InChI is InChI=1S/C11H19N3O/c12-7-1-2-8-13-9-3-4-11(15)14-10-5-6-10/h10,13H,1-6,8-9H2,(H,14,15). The van der Waals surface area contributed by atoms with E-state index in [0.29, 0.717) is 18.9 Å². The van der Waals surface area contributed by atoms with Crippen LogP contribution >= 0.6 is 0 Å². The molecule has 0 atom stereocenters. The molecule has 84 valence electrons. The summed E-state index contributed by atoms with van der Waals surface area (Å²) in [5.74, 6) is 0.177. The minimum atomic E-state index is 0.177. The van der Waals surface area contributed by atoms with Gasteiger partial charge in [0.2, 0.25) is 5.91 Å². The number of rotatable bonds is 8. The molecule has 1 aliphatic rings. The molecule has 1 aliphatic carbocycles. The molecule has 0 aliphatic heterocycles. The SMILES string of the molecule is N#CCCCNCCCC(=O)NC1CC1. The summed E-state index contributed by atoms with van der Waals surface area (Å²) in [6.07, 6.45) is 5.29. The number of hydrogen-bond donors (Lipinski definition) is 2.